The molecule has 0 radical (unpaired) electrons. The first-order valence-electron chi connectivity index (χ1n) is 10.8. The number of rotatable bonds is 5. The van der Waals surface area contributed by atoms with Crippen molar-refractivity contribution in [1.82, 2.24) is 10.3 Å². The number of pyridine rings is 1. The topological polar surface area (TPSA) is 68.3 Å². The molecule has 31 heavy (non-hydrogen) atoms. The molecule has 0 bridgehead atoms. The highest BCUT2D eigenvalue weighted by Crippen LogP contribution is 2.46. The van der Waals surface area contributed by atoms with Crippen LogP contribution in [0.15, 0.2) is 77.9 Å². The van der Waals surface area contributed by atoms with Crippen LogP contribution in [0.25, 0.3) is 0 Å². The van der Waals surface area contributed by atoms with Gasteiger partial charge in [-0.2, -0.15) is 0 Å². The summed E-state index contributed by atoms with van der Waals surface area (Å²) in [5, 5.41) is 3.37. The van der Waals surface area contributed by atoms with Gasteiger partial charge in [0.15, 0.2) is 0 Å². The average molecular weight is 417 g/mol. The highest BCUT2D eigenvalue weighted by molar-refractivity contribution is 5.96. The van der Waals surface area contributed by atoms with Crippen molar-refractivity contribution in [3.8, 4) is 0 Å². The minimum absolute atomic E-state index is 0.0211. The van der Waals surface area contributed by atoms with Crippen LogP contribution in [0.3, 0.4) is 0 Å². The normalized spacial score (nSPS) is 23.2. The van der Waals surface area contributed by atoms with Crippen LogP contribution in [0.4, 0.5) is 0 Å². The Morgan fingerprint density at radius 2 is 1.81 bits per heavy atom. The van der Waals surface area contributed by atoms with Gasteiger partial charge in [-0.1, -0.05) is 50.3 Å². The predicted molar refractivity (Wildman–Crippen MR) is 119 cm³/mol. The Balaban J connectivity index is 1.77. The molecular weight excluding hydrogens is 388 g/mol. The van der Waals surface area contributed by atoms with E-state index in [1.807, 2.05) is 51.1 Å². The SMILES string of the molecule is CC1=C(C(=O)OCC(C)C)C(c2ccncc2)C2C(=O)CC(c3ccccc3)C=C2N1. The van der Waals surface area contributed by atoms with Gasteiger partial charge >= 0.3 is 5.97 Å². The molecule has 0 amide bonds. The number of hydrogen-bond acceptors (Lipinski definition) is 5. The molecule has 2 heterocycles. The van der Waals surface area contributed by atoms with Crippen LogP contribution < -0.4 is 5.32 Å². The summed E-state index contributed by atoms with van der Waals surface area (Å²) in [6, 6.07) is 13.8. The number of nitrogens with zero attached hydrogens (tertiary/aromatic N) is 1. The van der Waals surface area contributed by atoms with E-state index >= 15 is 0 Å². The molecule has 3 atom stereocenters. The van der Waals surface area contributed by atoms with E-state index in [1.165, 1.54) is 0 Å². The molecule has 1 aliphatic heterocycles. The zero-order valence-corrected chi connectivity index (χ0v) is 18.2. The van der Waals surface area contributed by atoms with E-state index in [1.54, 1.807) is 12.4 Å². The van der Waals surface area contributed by atoms with Gasteiger partial charge in [0.05, 0.1) is 18.1 Å². The van der Waals surface area contributed by atoms with Crippen molar-refractivity contribution >= 4 is 11.8 Å². The van der Waals surface area contributed by atoms with E-state index < -0.39 is 5.92 Å². The number of Topliss-reactive ketones (excluding diaryl/α,β-unsaturated/α-hetero) is 1. The van der Waals surface area contributed by atoms with Crippen LogP contribution in [0.1, 0.15) is 50.2 Å². The monoisotopic (exact) mass is 416 g/mol. The molecule has 160 valence electrons. The molecule has 4 rings (SSSR count). The first-order valence-corrected chi connectivity index (χ1v) is 10.8. The summed E-state index contributed by atoms with van der Waals surface area (Å²) in [6.45, 7) is 6.23. The maximum Gasteiger partial charge on any atom is 0.336 e. The second-order valence-electron chi connectivity index (χ2n) is 8.70. The fraction of sp³-hybridized carbons (Fsp3) is 0.346. The van der Waals surface area contributed by atoms with Gasteiger partial charge in [0.1, 0.15) is 5.78 Å². The van der Waals surface area contributed by atoms with Gasteiger partial charge in [-0.15, -0.1) is 0 Å². The maximum absolute atomic E-state index is 13.5. The van der Waals surface area contributed by atoms with Crippen molar-refractivity contribution in [3.05, 3.63) is 89.0 Å². The summed E-state index contributed by atoms with van der Waals surface area (Å²) in [4.78, 5) is 30.7. The van der Waals surface area contributed by atoms with Gasteiger partial charge in [0.2, 0.25) is 0 Å². The highest BCUT2D eigenvalue weighted by Gasteiger charge is 2.45. The first kappa shape index (κ1) is 21.0. The molecule has 0 fully saturated rings. The average Bonchev–Trinajstić information content (AvgIpc) is 2.77. The Morgan fingerprint density at radius 3 is 2.48 bits per heavy atom. The van der Waals surface area contributed by atoms with Crippen LogP contribution >= 0.6 is 0 Å². The van der Waals surface area contributed by atoms with Gasteiger partial charge in [-0.25, -0.2) is 4.79 Å². The molecule has 2 aromatic rings. The third kappa shape index (κ3) is 4.31. The number of benzene rings is 1. The molecule has 3 unspecified atom stereocenters. The third-order valence-corrected chi connectivity index (χ3v) is 5.92. The van der Waals surface area contributed by atoms with E-state index in [0.29, 0.717) is 18.6 Å². The number of hydrogen-bond donors (Lipinski definition) is 1. The van der Waals surface area contributed by atoms with Crippen molar-refractivity contribution < 1.29 is 14.3 Å². The number of aromatic nitrogens is 1. The summed E-state index contributed by atoms with van der Waals surface area (Å²) < 4.78 is 5.59. The number of fused-ring (bicyclic) bond motifs is 1. The van der Waals surface area contributed by atoms with E-state index in [0.717, 1.165) is 22.5 Å². The van der Waals surface area contributed by atoms with Crippen molar-refractivity contribution in [3.63, 3.8) is 0 Å². The number of ketones is 1. The zero-order chi connectivity index (χ0) is 22.0. The lowest BCUT2D eigenvalue weighted by Gasteiger charge is -2.39. The molecule has 0 saturated carbocycles. The molecule has 5 nitrogen and oxygen atoms in total. The number of ether oxygens (including phenoxy) is 1. The second-order valence-corrected chi connectivity index (χ2v) is 8.70. The molecular formula is C26H28N2O3. The molecule has 1 aromatic carbocycles. The molecule has 1 aliphatic carbocycles. The van der Waals surface area contributed by atoms with Crippen molar-refractivity contribution in [2.24, 2.45) is 11.8 Å². The summed E-state index contributed by atoms with van der Waals surface area (Å²) >= 11 is 0. The molecule has 5 heteroatoms. The quantitative estimate of drug-likeness (QED) is 0.727. The highest BCUT2D eigenvalue weighted by atomic mass is 16.5. The second kappa shape index (κ2) is 8.88. The Bertz CT molecular complexity index is 1030. The number of esters is 1. The molecule has 2 aliphatic rings. The Kier molecular flexibility index (Phi) is 6.03. The number of nitrogens with one attached hydrogen (secondary N) is 1. The van der Waals surface area contributed by atoms with E-state index in [-0.39, 0.29) is 29.5 Å². The lowest BCUT2D eigenvalue weighted by molar-refractivity contribution is -0.140. The molecule has 0 spiro atoms. The minimum Gasteiger partial charge on any atom is -0.462 e. The van der Waals surface area contributed by atoms with Gasteiger partial charge in [-0.3, -0.25) is 9.78 Å². The first-order chi connectivity index (χ1) is 15.0. The van der Waals surface area contributed by atoms with Gasteiger partial charge in [0.25, 0.3) is 0 Å². The Morgan fingerprint density at radius 1 is 1.10 bits per heavy atom. The fourth-order valence-corrected chi connectivity index (χ4v) is 4.51. The number of carbonyl (C=O) groups is 2. The smallest absolute Gasteiger partial charge is 0.336 e. The van der Waals surface area contributed by atoms with E-state index in [2.05, 4.69) is 28.5 Å². The van der Waals surface area contributed by atoms with Crippen molar-refractivity contribution in [2.45, 2.75) is 39.0 Å². The largest absolute Gasteiger partial charge is 0.462 e. The Labute approximate surface area is 183 Å². The van der Waals surface area contributed by atoms with E-state index in [9.17, 15) is 9.59 Å². The van der Waals surface area contributed by atoms with Crippen molar-refractivity contribution in [1.29, 1.82) is 0 Å². The van der Waals surface area contributed by atoms with Crippen LogP contribution in [-0.4, -0.2) is 23.3 Å². The lowest BCUT2D eigenvalue weighted by atomic mass is 9.69. The molecule has 1 N–H and O–H groups in total. The van der Waals surface area contributed by atoms with Crippen LogP contribution in [0.5, 0.6) is 0 Å². The summed E-state index contributed by atoms with van der Waals surface area (Å²) in [7, 11) is 0. The number of carbonyl (C=O) groups excluding carboxylic acids is 2. The zero-order valence-electron chi connectivity index (χ0n) is 18.2. The fourth-order valence-electron chi connectivity index (χ4n) is 4.51. The van der Waals surface area contributed by atoms with Crippen LogP contribution in [0, 0.1) is 11.8 Å². The van der Waals surface area contributed by atoms with Gasteiger partial charge < -0.3 is 10.1 Å². The van der Waals surface area contributed by atoms with Crippen LogP contribution in [-0.2, 0) is 14.3 Å². The standard InChI is InChI=1S/C26H28N2O3/c1-16(2)15-31-26(30)23-17(3)28-21-13-20(18-7-5-4-6-8-18)14-22(29)25(21)24(23)19-9-11-27-12-10-19/h4-13,16,20,24-25,28H,14-15H2,1-3H3. The third-order valence-electron chi connectivity index (χ3n) is 5.92. The van der Waals surface area contributed by atoms with E-state index in [4.69, 9.17) is 4.74 Å². The summed E-state index contributed by atoms with van der Waals surface area (Å²) in [5.74, 6) is -0.807. The Hall–Kier alpha value is -3.21. The van der Waals surface area contributed by atoms with Gasteiger partial charge in [0, 0.05) is 42.0 Å². The summed E-state index contributed by atoms with van der Waals surface area (Å²) in [6.07, 6.45) is 5.96. The van der Waals surface area contributed by atoms with Gasteiger partial charge in [-0.05, 0) is 36.1 Å². The number of allylic oxidation sites excluding steroid dienone is 3. The maximum atomic E-state index is 13.5. The summed E-state index contributed by atoms with van der Waals surface area (Å²) in [5.41, 5.74) is 4.15. The minimum atomic E-state index is -0.437. The lowest BCUT2D eigenvalue weighted by Crippen LogP contribution is -2.42. The molecule has 1 aromatic heterocycles. The van der Waals surface area contributed by atoms with Crippen LogP contribution in [0.2, 0.25) is 0 Å². The van der Waals surface area contributed by atoms with Crippen molar-refractivity contribution in [2.75, 3.05) is 6.61 Å². The predicted octanol–water partition coefficient (Wildman–Crippen LogP) is 4.50. The molecule has 0 saturated heterocycles.